The van der Waals surface area contributed by atoms with E-state index >= 15 is 0 Å². The van der Waals surface area contributed by atoms with E-state index in [1.54, 1.807) is 16.9 Å². The molecule has 0 N–H and O–H groups in total. The monoisotopic (exact) mass is 296 g/mol. The third-order valence-corrected chi connectivity index (χ3v) is 3.68. The van der Waals surface area contributed by atoms with Gasteiger partial charge in [0.15, 0.2) is 0 Å². The Bertz CT molecular complexity index is 635. The summed E-state index contributed by atoms with van der Waals surface area (Å²) in [5, 5.41) is 4.14. The molecule has 0 radical (unpaired) electrons. The van der Waals surface area contributed by atoms with Crippen molar-refractivity contribution in [2.24, 2.45) is 7.05 Å². The van der Waals surface area contributed by atoms with Crippen LogP contribution in [0.15, 0.2) is 30.6 Å². The summed E-state index contributed by atoms with van der Waals surface area (Å²) in [5.41, 5.74) is 0.158. The molecule has 1 atom stereocenters. The van der Waals surface area contributed by atoms with Crippen molar-refractivity contribution in [2.75, 3.05) is 11.4 Å². The minimum Gasteiger partial charge on any atom is -0.349 e. The largest absolute Gasteiger partial charge is 0.433 e. The average Bonchev–Trinajstić information content (AvgIpc) is 3.06. The standard InChI is InChI=1S/C14H15F3N4/c1-20-9-10(8-18-20)11-4-3-7-21(11)13-6-2-5-12(19-13)14(15,16)17/h2,5-6,8-9,11H,3-4,7H2,1H3. The minimum absolute atomic E-state index is 0.0367. The van der Waals surface area contributed by atoms with E-state index in [9.17, 15) is 13.2 Å². The van der Waals surface area contributed by atoms with Gasteiger partial charge in [-0.15, -0.1) is 0 Å². The molecule has 3 heterocycles. The Hall–Kier alpha value is -2.05. The molecule has 0 spiro atoms. The van der Waals surface area contributed by atoms with E-state index in [0.29, 0.717) is 12.4 Å². The van der Waals surface area contributed by atoms with Crippen molar-refractivity contribution in [3.63, 3.8) is 0 Å². The molecule has 0 bridgehead atoms. The van der Waals surface area contributed by atoms with Crippen LogP contribution >= 0.6 is 0 Å². The molecule has 1 unspecified atom stereocenters. The van der Waals surface area contributed by atoms with Gasteiger partial charge in [-0.3, -0.25) is 4.68 Å². The zero-order chi connectivity index (χ0) is 15.0. The number of alkyl halides is 3. The third kappa shape index (κ3) is 2.72. The van der Waals surface area contributed by atoms with Crippen LogP contribution in [0.3, 0.4) is 0 Å². The lowest BCUT2D eigenvalue weighted by Gasteiger charge is -2.25. The molecule has 2 aromatic rings. The van der Waals surface area contributed by atoms with Crippen LogP contribution in [0.25, 0.3) is 0 Å². The molecule has 0 aliphatic carbocycles. The maximum atomic E-state index is 12.8. The first-order chi connectivity index (χ1) is 9.95. The lowest BCUT2D eigenvalue weighted by Crippen LogP contribution is -2.24. The van der Waals surface area contributed by atoms with Gasteiger partial charge in [-0.1, -0.05) is 6.07 Å². The second-order valence-electron chi connectivity index (χ2n) is 5.18. The number of nitrogens with zero attached hydrogens (tertiary/aromatic N) is 4. The molecular weight excluding hydrogens is 281 g/mol. The van der Waals surface area contributed by atoms with Gasteiger partial charge in [0.25, 0.3) is 0 Å². The van der Waals surface area contributed by atoms with E-state index in [4.69, 9.17) is 0 Å². The fraction of sp³-hybridized carbons (Fsp3) is 0.429. The van der Waals surface area contributed by atoms with E-state index in [1.807, 2.05) is 18.1 Å². The highest BCUT2D eigenvalue weighted by Crippen LogP contribution is 2.36. The molecule has 0 amide bonds. The zero-order valence-corrected chi connectivity index (χ0v) is 11.5. The van der Waals surface area contributed by atoms with Gasteiger partial charge in [0.2, 0.25) is 0 Å². The van der Waals surface area contributed by atoms with Crippen LogP contribution in [-0.4, -0.2) is 21.3 Å². The molecule has 1 saturated heterocycles. The van der Waals surface area contributed by atoms with E-state index in [-0.39, 0.29) is 6.04 Å². The Morgan fingerprint density at radius 2 is 2.10 bits per heavy atom. The summed E-state index contributed by atoms with van der Waals surface area (Å²) in [5.74, 6) is 0.371. The molecule has 112 valence electrons. The highest BCUT2D eigenvalue weighted by molar-refractivity contribution is 5.44. The molecule has 2 aromatic heterocycles. The molecule has 0 aromatic carbocycles. The van der Waals surface area contributed by atoms with Crippen LogP contribution in [0.5, 0.6) is 0 Å². The van der Waals surface area contributed by atoms with E-state index in [2.05, 4.69) is 10.1 Å². The summed E-state index contributed by atoms with van der Waals surface area (Å²) in [6.07, 6.45) is 1.06. The van der Waals surface area contributed by atoms with Crippen molar-refractivity contribution in [1.29, 1.82) is 0 Å². The smallest absolute Gasteiger partial charge is 0.349 e. The summed E-state index contributed by atoms with van der Waals surface area (Å²) in [6.45, 7) is 0.702. The Morgan fingerprint density at radius 3 is 2.76 bits per heavy atom. The number of pyridine rings is 1. The maximum Gasteiger partial charge on any atom is 0.433 e. The van der Waals surface area contributed by atoms with Crippen LogP contribution in [0.4, 0.5) is 19.0 Å². The van der Waals surface area contributed by atoms with Gasteiger partial charge in [-0.05, 0) is 25.0 Å². The summed E-state index contributed by atoms with van der Waals surface area (Å²) in [7, 11) is 1.82. The number of aryl methyl sites for hydroxylation is 1. The Kier molecular flexibility index (Phi) is 3.35. The van der Waals surface area contributed by atoms with E-state index in [0.717, 1.165) is 24.5 Å². The van der Waals surface area contributed by atoms with Gasteiger partial charge in [0.05, 0.1) is 12.2 Å². The normalized spacial score (nSPS) is 19.2. The number of anilines is 1. The molecule has 7 heteroatoms. The lowest BCUT2D eigenvalue weighted by atomic mass is 10.1. The van der Waals surface area contributed by atoms with E-state index < -0.39 is 11.9 Å². The Labute approximate surface area is 120 Å². The second-order valence-corrected chi connectivity index (χ2v) is 5.18. The molecular formula is C14H15F3N4. The summed E-state index contributed by atoms with van der Waals surface area (Å²) < 4.78 is 40.1. The average molecular weight is 296 g/mol. The fourth-order valence-corrected chi connectivity index (χ4v) is 2.74. The third-order valence-electron chi connectivity index (χ3n) is 3.68. The van der Waals surface area contributed by atoms with Crippen molar-refractivity contribution in [3.05, 3.63) is 41.9 Å². The van der Waals surface area contributed by atoms with Gasteiger partial charge in [-0.2, -0.15) is 18.3 Å². The van der Waals surface area contributed by atoms with Gasteiger partial charge >= 0.3 is 6.18 Å². The van der Waals surface area contributed by atoms with Gasteiger partial charge in [0.1, 0.15) is 11.5 Å². The van der Waals surface area contributed by atoms with Crippen molar-refractivity contribution in [3.8, 4) is 0 Å². The van der Waals surface area contributed by atoms with Crippen LogP contribution in [-0.2, 0) is 13.2 Å². The molecule has 3 rings (SSSR count). The number of hydrogen-bond donors (Lipinski definition) is 0. The van der Waals surface area contributed by atoms with E-state index in [1.165, 1.54) is 6.07 Å². The highest BCUT2D eigenvalue weighted by atomic mass is 19.4. The van der Waals surface area contributed by atoms with Gasteiger partial charge < -0.3 is 4.90 Å². The molecule has 1 fully saturated rings. The topological polar surface area (TPSA) is 34.0 Å². The maximum absolute atomic E-state index is 12.8. The molecule has 0 saturated carbocycles. The van der Waals surface area contributed by atoms with Crippen molar-refractivity contribution >= 4 is 5.82 Å². The predicted octanol–water partition coefficient (Wildman–Crippen LogP) is 3.18. The van der Waals surface area contributed by atoms with Crippen molar-refractivity contribution < 1.29 is 13.2 Å². The number of aromatic nitrogens is 3. The molecule has 1 aliphatic rings. The first-order valence-electron chi connectivity index (χ1n) is 6.74. The number of rotatable bonds is 2. The molecule has 1 aliphatic heterocycles. The Balaban J connectivity index is 1.92. The minimum atomic E-state index is -4.42. The van der Waals surface area contributed by atoms with Crippen LogP contribution in [0, 0.1) is 0 Å². The zero-order valence-electron chi connectivity index (χ0n) is 11.5. The van der Waals surface area contributed by atoms with Crippen LogP contribution in [0.1, 0.15) is 30.1 Å². The lowest BCUT2D eigenvalue weighted by molar-refractivity contribution is -0.141. The van der Waals surface area contributed by atoms with Gasteiger partial charge in [0, 0.05) is 25.4 Å². The predicted molar refractivity (Wildman–Crippen MR) is 71.8 cm³/mol. The number of hydrogen-bond acceptors (Lipinski definition) is 3. The van der Waals surface area contributed by atoms with Crippen molar-refractivity contribution in [1.82, 2.24) is 14.8 Å². The van der Waals surface area contributed by atoms with Gasteiger partial charge in [-0.25, -0.2) is 4.98 Å². The first kappa shape index (κ1) is 13.9. The summed E-state index contributed by atoms with van der Waals surface area (Å²) >= 11 is 0. The molecule has 21 heavy (non-hydrogen) atoms. The fourth-order valence-electron chi connectivity index (χ4n) is 2.74. The highest BCUT2D eigenvalue weighted by Gasteiger charge is 2.34. The van der Waals surface area contributed by atoms with Crippen LogP contribution < -0.4 is 4.90 Å². The van der Waals surface area contributed by atoms with Crippen LogP contribution in [0.2, 0.25) is 0 Å². The quantitative estimate of drug-likeness (QED) is 0.853. The first-order valence-corrected chi connectivity index (χ1v) is 6.74. The number of halogens is 3. The second kappa shape index (κ2) is 5.05. The Morgan fingerprint density at radius 1 is 1.29 bits per heavy atom. The van der Waals surface area contributed by atoms with Crippen molar-refractivity contribution in [2.45, 2.75) is 25.1 Å². The summed E-state index contributed by atoms with van der Waals surface area (Å²) in [6, 6.07) is 4.07. The summed E-state index contributed by atoms with van der Waals surface area (Å²) in [4.78, 5) is 5.71. The SMILES string of the molecule is Cn1cc(C2CCCN2c2cccc(C(F)(F)F)n2)cn1. The molecule has 4 nitrogen and oxygen atoms in total.